The third-order valence-corrected chi connectivity index (χ3v) is 4.78. The van der Waals surface area contributed by atoms with Crippen LogP contribution in [0.5, 0.6) is 5.75 Å². The first-order valence-corrected chi connectivity index (χ1v) is 9.23. The van der Waals surface area contributed by atoms with E-state index < -0.39 is 17.6 Å². The monoisotopic (exact) mass is 412 g/mol. The predicted octanol–water partition coefficient (Wildman–Crippen LogP) is 5.08. The highest BCUT2D eigenvalue weighted by molar-refractivity contribution is 6.30. The average Bonchev–Trinajstić information content (AvgIpc) is 2.63. The molecular formula is C20H20ClF3N2O2. The van der Waals surface area contributed by atoms with E-state index in [2.05, 4.69) is 10.2 Å². The molecule has 1 aliphatic heterocycles. The van der Waals surface area contributed by atoms with Crippen molar-refractivity contribution in [1.29, 1.82) is 0 Å². The van der Waals surface area contributed by atoms with Gasteiger partial charge in [-0.3, -0.25) is 4.79 Å². The van der Waals surface area contributed by atoms with E-state index in [-0.39, 0.29) is 17.4 Å². The van der Waals surface area contributed by atoms with Crippen LogP contribution >= 0.6 is 11.6 Å². The molecule has 0 spiro atoms. The summed E-state index contributed by atoms with van der Waals surface area (Å²) in [7, 11) is 1.98. The van der Waals surface area contributed by atoms with Gasteiger partial charge in [-0.05, 0) is 56.3 Å². The Labute approximate surface area is 166 Å². The number of alkyl halides is 3. The standard InChI is InChI=1S/C20H20ClF3N2O2/c1-26-7-5-17(6-8-26)28-18-10-13(9-14(11-18)20(22,23)24)19(27)25-16-4-2-3-15(21)12-16/h2-4,9-12,17H,5-8H2,1H3,(H,25,27). The van der Waals surface area contributed by atoms with Crippen molar-refractivity contribution < 1.29 is 22.7 Å². The lowest BCUT2D eigenvalue weighted by molar-refractivity contribution is -0.137. The van der Waals surface area contributed by atoms with Crippen LogP contribution in [0, 0.1) is 0 Å². The Morgan fingerprint density at radius 1 is 1.18 bits per heavy atom. The molecule has 0 unspecified atom stereocenters. The van der Waals surface area contributed by atoms with Gasteiger partial charge < -0.3 is 15.0 Å². The third kappa shape index (κ3) is 5.39. The largest absolute Gasteiger partial charge is 0.490 e. The highest BCUT2D eigenvalue weighted by atomic mass is 35.5. The number of hydrogen-bond acceptors (Lipinski definition) is 3. The van der Waals surface area contributed by atoms with Gasteiger partial charge in [-0.15, -0.1) is 0 Å². The maximum Gasteiger partial charge on any atom is 0.416 e. The number of rotatable bonds is 4. The van der Waals surface area contributed by atoms with Gasteiger partial charge in [0.25, 0.3) is 5.91 Å². The third-order valence-electron chi connectivity index (χ3n) is 4.55. The maximum atomic E-state index is 13.3. The normalized spacial score (nSPS) is 16.0. The minimum Gasteiger partial charge on any atom is -0.490 e. The quantitative estimate of drug-likeness (QED) is 0.761. The Kier molecular flexibility index (Phi) is 6.15. The molecule has 1 aliphatic rings. The van der Waals surface area contributed by atoms with Crippen molar-refractivity contribution in [3.05, 3.63) is 58.6 Å². The second-order valence-corrected chi connectivity index (χ2v) is 7.27. The van der Waals surface area contributed by atoms with Crippen molar-refractivity contribution in [2.45, 2.75) is 25.1 Å². The van der Waals surface area contributed by atoms with E-state index in [9.17, 15) is 18.0 Å². The molecule has 0 bridgehead atoms. The molecule has 2 aromatic carbocycles. The number of anilines is 1. The molecule has 0 atom stereocenters. The Bertz CT molecular complexity index is 850. The molecule has 28 heavy (non-hydrogen) atoms. The SMILES string of the molecule is CN1CCC(Oc2cc(C(=O)Nc3cccc(Cl)c3)cc(C(F)(F)F)c2)CC1. The van der Waals surface area contributed by atoms with Crippen molar-refractivity contribution in [2.75, 3.05) is 25.5 Å². The van der Waals surface area contributed by atoms with Gasteiger partial charge in [0.05, 0.1) is 5.56 Å². The van der Waals surface area contributed by atoms with Gasteiger partial charge in [-0.25, -0.2) is 0 Å². The topological polar surface area (TPSA) is 41.6 Å². The fraction of sp³-hybridized carbons (Fsp3) is 0.350. The number of piperidine rings is 1. The number of halogens is 4. The van der Waals surface area contributed by atoms with Crippen LogP contribution in [-0.2, 0) is 6.18 Å². The van der Waals surface area contributed by atoms with Crippen LogP contribution in [0.15, 0.2) is 42.5 Å². The van der Waals surface area contributed by atoms with Crippen LogP contribution in [0.1, 0.15) is 28.8 Å². The lowest BCUT2D eigenvalue weighted by atomic mass is 10.1. The number of benzene rings is 2. The summed E-state index contributed by atoms with van der Waals surface area (Å²) in [6, 6.07) is 9.49. The van der Waals surface area contributed by atoms with E-state index in [0.717, 1.165) is 38.1 Å². The van der Waals surface area contributed by atoms with Crippen LogP contribution in [0.3, 0.4) is 0 Å². The van der Waals surface area contributed by atoms with E-state index >= 15 is 0 Å². The van der Waals surface area contributed by atoms with E-state index in [1.165, 1.54) is 12.1 Å². The minimum absolute atomic E-state index is 0.0422. The zero-order valence-corrected chi connectivity index (χ0v) is 16.0. The fourth-order valence-corrected chi connectivity index (χ4v) is 3.22. The van der Waals surface area contributed by atoms with E-state index in [1.807, 2.05) is 7.05 Å². The van der Waals surface area contributed by atoms with E-state index in [1.54, 1.807) is 18.2 Å². The maximum absolute atomic E-state index is 13.3. The number of likely N-dealkylation sites (tertiary alicyclic amines) is 1. The molecule has 1 heterocycles. The highest BCUT2D eigenvalue weighted by Gasteiger charge is 2.32. The van der Waals surface area contributed by atoms with Gasteiger partial charge in [0.1, 0.15) is 11.9 Å². The zero-order chi connectivity index (χ0) is 20.3. The molecule has 4 nitrogen and oxygen atoms in total. The summed E-state index contributed by atoms with van der Waals surface area (Å²) in [5, 5.41) is 2.97. The highest BCUT2D eigenvalue weighted by Crippen LogP contribution is 2.33. The second-order valence-electron chi connectivity index (χ2n) is 6.83. The molecule has 8 heteroatoms. The van der Waals surface area contributed by atoms with Crippen LogP contribution in [0.4, 0.5) is 18.9 Å². The smallest absolute Gasteiger partial charge is 0.416 e. The van der Waals surface area contributed by atoms with Gasteiger partial charge in [0.15, 0.2) is 0 Å². The summed E-state index contributed by atoms with van der Waals surface area (Å²) in [5.41, 5.74) is -0.653. The molecule has 0 aliphatic carbocycles. The predicted molar refractivity (Wildman–Crippen MR) is 102 cm³/mol. The van der Waals surface area contributed by atoms with Crippen molar-refractivity contribution in [1.82, 2.24) is 4.90 Å². The average molecular weight is 413 g/mol. The molecule has 3 rings (SSSR count). The number of nitrogens with one attached hydrogen (secondary N) is 1. The molecule has 1 fully saturated rings. The minimum atomic E-state index is -4.59. The van der Waals surface area contributed by atoms with Crippen LogP contribution in [0.2, 0.25) is 5.02 Å². The second kappa shape index (κ2) is 8.41. The first-order valence-electron chi connectivity index (χ1n) is 8.85. The van der Waals surface area contributed by atoms with Gasteiger partial charge in [0.2, 0.25) is 0 Å². The fourth-order valence-electron chi connectivity index (χ4n) is 3.03. The molecule has 1 saturated heterocycles. The van der Waals surface area contributed by atoms with Crippen LogP contribution in [-0.4, -0.2) is 37.0 Å². The first-order chi connectivity index (χ1) is 13.2. The van der Waals surface area contributed by atoms with Gasteiger partial charge in [-0.1, -0.05) is 17.7 Å². The van der Waals surface area contributed by atoms with Crippen LogP contribution < -0.4 is 10.1 Å². The summed E-state index contributed by atoms with van der Waals surface area (Å²) in [4.78, 5) is 14.6. The molecule has 1 amide bonds. The van der Waals surface area contributed by atoms with Crippen molar-refractivity contribution in [3.8, 4) is 5.75 Å². The summed E-state index contributed by atoms with van der Waals surface area (Å²) in [5.74, 6) is -0.623. The molecule has 2 aromatic rings. The van der Waals surface area contributed by atoms with E-state index in [0.29, 0.717) is 10.7 Å². The molecule has 150 valence electrons. The lowest BCUT2D eigenvalue weighted by Crippen LogP contribution is -2.35. The van der Waals surface area contributed by atoms with Crippen molar-refractivity contribution >= 4 is 23.2 Å². The van der Waals surface area contributed by atoms with Crippen molar-refractivity contribution in [3.63, 3.8) is 0 Å². The number of amides is 1. The summed E-state index contributed by atoms with van der Waals surface area (Å²) in [6.07, 6.45) is -3.33. The number of ether oxygens (including phenoxy) is 1. The molecule has 0 aromatic heterocycles. The number of nitrogens with zero attached hydrogens (tertiary/aromatic N) is 1. The van der Waals surface area contributed by atoms with Gasteiger partial charge in [0, 0.05) is 29.4 Å². The lowest BCUT2D eigenvalue weighted by Gasteiger charge is -2.29. The number of hydrogen-bond donors (Lipinski definition) is 1. The summed E-state index contributed by atoms with van der Waals surface area (Å²) < 4.78 is 45.7. The van der Waals surface area contributed by atoms with E-state index in [4.69, 9.17) is 16.3 Å². The summed E-state index contributed by atoms with van der Waals surface area (Å²) in [6.45, 7) is 1.62. The molecule has 1 N–H and O–H groups in total. The molecule has 0 saturated carbocycles. The molecular weight excluding hydrogens is 393 g/mol. The zero-order valence-electron chi connectivity index (χ0n) is 15.2. The molecule has 0 radical (unpaired) electrons. The van der Waals surface area contributed by atoms with Gasteiger partial charge in [-0.2, -0.15) is 13.2 Å². The Morgan fingerprint density at radius 2 is 1.89 bits per heavy atom. The van der Waals surface area contributed by atoms with Crippen molar-refractivity contribution in [2.24, 2.45) is 0 Å². The van der Waals surface area contributed by atoms with Gasteiger partial charge >= 0.3 is 6.18 Å². The number of carbonyl (C=O) groups excluding carboxylic acids is 1. The number of carbonyl (C=O) groups is 1. The Hall–Kier alpha value is -2.25. The Balaban J connectivity index is 1.84. The Morgan fingerprint density at radius 3 is 2.54 bits per heavy atom. The first kappa shape index (κ1) is 20.5. The summed E-state index contributed by atoms with van der Waals surface area (Å²) >= 11 is 5.88. The van der Waals surface area contributed by atoms with Crippen LogP contribution in [0.25, 0.3) is 0 Å².